The molecular formula is C21H22N4O2. The third-order valence-electron chi connectivity index (χ3n) is 4.98. The molecule has 2 aromatic carbocycles. The first-order valence-corrected chi connectivity index (χ1v) is 9.23. The Kier molecular flexibility index (Phi) is 4.62. The number of carbonyl (C=O) groups is 1. The molecule has 138 valence electrons. The minimum Gasteiger partial charge on any atom is -0.372 e. The number of amides is 1. The van der Waals surface area contributed by atoms with Gasteiger partial charge in [-0.25, -0.2) is 4.98 Å². The van der Waals surface area contributed by atoms with Gasteiger partial charge in [0.05, 0.1) is 10.9 Å². The van der Waals surface area contributed by atoms with Gasteiger partial charge in [-0.1, -0.05) is 12.1 Å². The summed E-state index contributed by atoms with van der Waals surface area (Å²) in [5.41, 5.74) is 2.35. The molecule has 0 atom stereocenters. The second-order valence-electron chi connectivity index (χ2n) is 6.86. The number of para-hydroxylation sites is 1. The molecule has 1 N–H and O–H groups in total. The third-order valence-corrected chi connectivity index (χ3v) is 4.98. The lowest BCUT2D eigenvalue weighted by atomic mass is 10.2. The van der Waals surface area contributed by atoms with E-state index in [9.17, 15) is 9.59 Å². The van der Waals surface area contributed by atoms with Crippen molar-refractivity contribution in [2.24, 2.45) is 0 Å². The summed E-state index contributed by atoms with van der Waals surface area (Å²) in [5, 5.41) is 3.39. The summed E-state index contributed by atoms with van der Waals surface area (Å²) in [4.78, 5) is 31.9. The Morgan fingerprint density at radius 2 is 1.78 bits per heavy atom. The van der Waals surface area contributed by atoms with Gasteiger partial charge in [0, 0.05) is 24.5 Å². The van der Waals surface area contributed by atoms with Crippen molar-refractivity contribution >= 4 is 28.2 Å². The highest BCUT2D eigenvalue weighted by atomic mass is 16.2. The first kappa shape index (κ1) is 17.3. The number of nitrogens with one attached hydrogen (secondary N) is 1. The van der Waals surface area contributed by atoms with Crippen LogP contribution < -0.4 is 15.8 Å². The van der Waals surface area contributed by atoms with Crippen molar-refractivity contribution in [1.29, 1.82) is 0 Å². The molecule has 3 aromatic rings. The summed E-state index contributed by atoms with van der Waals surface area (Å²) >= 11 is 0. The molecule has 4 rings (SSSR count). The van der Waals surface area contributed by atoms with Crippen LogP contribution >= 0.6 is 0 Å². The number of hydrogen-bond acceptors (Lipinski definition) is 4. The summed E-state index contributed by atoms with van der Waals surface area (Å²) in [6, 6.07) is 15.0. The minimum absolute atomic E-state index is 0.0591. The van der Waals surface area contributed by atoms with Crippen LogP contribution in [0, 0.1) is 6.92 Å². The molecule has 27 heavy (non-hydrogen) atoms. The van der Waals surface area contributed by atoms with Crippen LogP contribution in [-0.2, 0) is 11.3 Å². The van der Waals surface area contributed by atoms with E-state index in [1.54, 1.807) is 25.1 Å². The maximum Gasteiger partial charge on any atom is 0.261 e. The van der Waals surface area contributed by atoms with E-state index in [0.717, 1.165) is 18.8 Å². The van der Waals surface area contributed by atoms with Gasteiger partial charge in [0.1, 0.15) is 12.4 Å². The van der Waals surface area contributed by atoms with Gasteiger partial charge in [-0.2, -0.15) is 0 Å². The van der Waals surface area contributed by atoms with Crippen LogP contribution in [0.5, 0.6) is 0 Å². The highest BCUT2D eigenvalue weighted by molar-refractivity contribution is 5.91. The van der Waals surface area contributed by atoms with Gasteiger partial charge in [-0.15, -0.1) is 0 Å². The van der Waals surface area contributed by atoms with E-state index in [0.29, 0.717) is 16.7 Å². The van der Waals surface area contributed by atoms with Crippen molar-refractivity contribution < 1.29 is 4.79 Å². The smallest absolute Gasteiger partial charge is 0.261 e. The number of fused-ring (bicyclic) bond motifs is 1. The van der Waals surface area contributed by atoms with Crippen LogP contribution in [0.1, 0.15) is 18.7 Å². The molecule has 0 bridgehead atoms. The second-order valence-corrected chi connectivity index (χ2v) is 6.86. The van der Waals surface area contributed by atoms with E-state index in [-0.39, 0.29) is 18.0 Å². The van der Waals surface area contributed by atoms with E-state index >= 15 is 0 Å². The van der Waals surface area contributed by atoms with Gasteiger partial charge in [0.15, 0.2) is 0 Å². The Bertz CT molecular complexity index is 1030. The fourth-order valence-electron chi connectivity index (χ4n) is 3.54. The number of rotatable bonds is 4. The van der Waals surface area contributed by atoms with Crippen molar-refractivity contribution in [3.05, 3.63) is 64.7 Å². The Labute approximate surface area is 157 Å². The van der Waals surface area contributed by atoms with Crippen molar-refractivity contribution in [3.63, 3.8) is 0 Å². The van der Waals surface area contributed by atoms with Gasteiger partial charge in [-0.3, -0.25) is 14.2 Å². The van der Waals surface area contributed by atoms with E-state index in [4.69, 9.17) is 0 Å². The zero-order chi connectivity index (χ0) is 18.8. The zero-order valence-electron chi connectivity index (χ0n) is 15.3. The molecular weight excluding hydrogens is 340 g/mol. The summed E-state index contributed by atoms with van der Waals surface area (Å²) < 4.78 is 1.41. The van der Waals surface area contributed by atoms with Crippen LogP contribution in [-0.4, -0.2) is 28.5 Å². The van der Waals surface area contributed by atoms with Gasteiger partial charge >= 0.3 is 0 Å². The molecule has 0 aliphatic carbocycles. The normalized spacial score (nSPS) is 13.9. The maximum atomic E-state index is 12.7. The number of benzene rings is 2. The molecule has 6 heteroatoms. The number of anilines is 2. The lowest BCUT2D eigenvalue weighted by Gasteiger charge is -2.18. The van der Waals surface area contributed by atoms with Crippen molar-refractivity contribution in [2.75, 3.05) is 23.3 Å². The Balaban J connectivity index is 1.49. The van der Waals surface area contributed by atoms with E-state index in [1.165, 1.54) is 23.1 Å². The molecule has 1 aliphatic heterocycles. The van der Waals surface area contributed by atoms with Crippen LogP contribution in [0.25, 0.3) is 10.9 Å². The maximum absolute atomic E-state index is 12.7. The number of aryl methyl sites for hydroxylation is 1. The topological polar surface area (TPSA) is 67.2 Å². The molecule has 1 saturated heterocycles. The number of aromatic nitrogens is 2. The molecule has 1 amide bonds. The van der Waals surface area contributed by atoms with Crippen molar-refractivity contribution in [1.82, 2.24) is 9.55 Å². The lowest BCUT2D eigenvalue weighted by Crippen LogP contribution is -2.30. The lowest BCUT2D eigenvalue weighted by molar-refractivity contribution is -0.116. The summed E-state index contributed by atoms with van der Waals surface area (Å²) in [6.07, 6.45) is 2.46. The predicted molar refractivity (Wildman–Crippen MR) is 107 cm³/mol. The highest BCUT2D eigenvalue weighted by Gasteiger charge is 2.13. The van der Waals surface area contributed by atoms with Crippen LogP contribution in [0.15, 0.2) is 53.3 Å². The predicted octanol–water partition coefficient (Wildman–Crippen LogP) is 2.94. The molecule has 6 nitrogen and oxygen atoms in total. The number of carbonyl (C=O) groups excluding carboxylic acids is 1. The third kappa shape index (κ3) is 3.56. The van der Waals surface area contributed by atoms with Gasteiger partial charge in [-0.05, 0) is 56.2 Å². The highest BCUT2D eigenvalue weighted by Crippen LogP contribution is 2.22. The summed E-state index contributed by atoms with van der Waals surface area (Å²) in [7, 11) is 0. The Morgan fingerprint density at radius 1 is 1.07 bits per heavy atom. The van der Waals surface area contributed by atoms with Gasteiger partial charge < -0.3 is 10.2 Å². The average molecular weight is 362 g/mol. The first-order valence-electron chi connectivity index (χ1n) is 9.23. The van der Waals surface area contributed by atoms with Crippen LogP contribution in [0.2, 0.25) is 0 Å². The standard InChI is InChI=1S/C21H22N4O2/c1-15-22-19-7-3-2-6-18(19)21(27)25(15)14-20(26)23-16-8-10-17(11-9-16)24-12-4-5-13-24/h2-3,6-11H,4-5,12-14H2,1H3,(H,23,26). The molecule has 0 saturated carbocycles. The first-order chi connectivity index (χ1) is 13.1. The van der Waals surface area contributed by atoms with Gasteiger partial charge in [0.2, 0.25) is 5.91 Å². The fraction of sp³-hybridized carbons (Fsp3) is 0.286. The molecule has 0 unspecified atom stereocenters. The monoisotopic (exact) mass is 362 g/mol. The Hall–Kier alpha value is -3.15. The van der Waals surface area contributed by atoms with Crippen LogP contribution in [0.4, 0.5) is 11.4 Å². The average Bonchev–Trinajstić information content (AvgIpc) is 3.20. The largest absolute Gasteiger partial charge is 0.372 e. The number of nitrogens with zero attached hydrogens (tertiary/aromatic N) is 3. The molecule has 0 spiro atoms. The molecule has 1 aliphatic rings. The second kappa shape index (κ2) is 7.23. The zero-order valence-corrected chi connectivity index (χ0v) is 15.3. The minimum atomic E-state index is -0.244. The van der Waals surface area contributed by atoms with Crippen molar-refractivity contribution in [3.8, 4) is 0 Å². The van der Waals surface area contributed by atoms with E-state index < -0.39 is 0 Å². The van der Waals surface area contributed by atoms with E-state index in [1.807, 2.05) is 30.3 Å². The summed E-state index contributed by atoms with van der Waals surface area (Å²) in [6.45, 7) is 3.86. The number of hydrogen-bond donors (Lipinski definition) is 1. The van der Waals surface area contributed by atoms with Crippen molar-refractivity contribution in [2.45, 2.75) is 26.3 Å². The molecule has 0 radical (unpaired) electrons. The van der Waals surface area contributed by atoms with E-state index in [2.05, 4.69) is 15.2 Å². The molecule has 1 aromatic heterocycles. The van der Waals surface area contributed by atoms with Gasteiger partial charge in [0.25, 0.3) is 5.56 Å². The van der Waals surface area contributed by atoms with Crippen LogP contribution in [0.3, 0.4) is 0 Å². The molecule has 2 heterocycles. The molecule has 1 fully saturated rings. The SMILES string of the molecule is Cc1nc2ccccc2c(=O)n1CC(=O)Nc1ccc(N2CCCC2)cc1. The fourth-order valence-corrected chi connectivity index (χ4v) is 3.54. The summed E-state index contributed by atoms with van der Waals surface area (Å²) in [5.74, 6) is 0.282. The Morgan fingerprint density at radius 3 is 2.52 bits per heavy atom. The quantitative estimate of drug-likeness (QED) is 0.775.